The van der Waals surface area contributed by atoms with E-state index < -0.39 is 0 Å². The fourth-order valence-electron chi connectivity index (χ4n) is 8.19. The van der Waals surface area contributed by atoms with Crippen LogP contribution >= 0.6 is 51.8 Å². The molecule has 8 rings (SSSR count). The normalized spacial score (nSPS) is 18.7. The maximum absolute atomic E-state index is 9.34. The average molecular weight is 1000 g/mol. The highest BCUT2D eigenvalue weighted by atomic mass is 35.5. The van der Waals surface area contributed by atoms with Crippen molar-refractivity contribution in [2.24, 2.45) is 5.73 Å². The third-order valence-corrected chi connectivity index (χ3v) is 11.9. The first-order valence-corrected chi connectivity index (χ1v) is 22.7. The maximum Gasteiger partial charge on any atom is 0.119 e. The molecule has 6 N–H and O–H groups in total. The van der Waals surface area contributed by atoms with Crippen molar-refractivity contribution in [2.45, 2.75) is 89.4 Å². The van der Waals surface area contributed by atoms with Crippen LogP contribution in [0.15, 0.2) is 133 Å². The number of rotatable bonds is 14. The van der Waals surface area contributed by atoms with Crippen LogP contribution in [0.25, 0.3) is 0 Å². The number of aliphatic hydroxyl groups is 1. The lowest BCUT2D eigenvalue weighted by Crippen LogP contribution is -2.34. The summed E-state index contributed by atoms with van der Waals surface area (Å²) in [4.78, 5) is 4.82. The Kier molecular flexibility index (Phi) is 31.1. The van der Waals surface area contributed by atoms with Crippen LogP contribution in [0.5, 0.6) is 17.2 Å². The molecule has 3 fully saturated rings. The second-order valence-corrected chi connectivity index (χ2v) is 17.0. The van der Waals surface area contributed by atoms with Crippen molar-refractivity contribution < 1.29 is 19.3 Å². The Labute approximate surface area is 428 Å². The van der Waals surface area contributed by atoms with Gasteiger partial charge in [-0.15, -0.1) is 24.8 Å². The van der Waals surface area contributed by atoms with Gasteiger partial charge in [-0.1, -0.05) is 97.1 Å². The topological polar surface area (TPSA) is 117 Å². The predicted octanol–water partition coefficient (Wildman–Crippen LogP) is 9.37. The van der Waals surface area contributed by atoms with Crippen molar-refractivity contribution in [2.75, 3.05) is 60.6 Å². The van der Waals surface area contributed by atoms with Crippen LogP contribution in [0.1, 0.15) is 86.0 Å². The van der Waals surface area contributed by atoms with E-state index in [2.05, 4.69) is 125 Å². The number of nitrogens with one attached hydrogen (secondary N) is 3. The molecule has 14 heteroatoms. The van der Waals surface area contributed by atoms with Gasteiger partial charge in [-0.25, -0.2) is 0 Å². The molecule has 0 aromatic heterocycles. The summed E-state index contributed by atoms with van der Waals surface area (Å²) in [5, 5.41) is 20.1. The second-order valence-electron chi connectivity index (χ2n) is 17.0. The number of aliphatic hydroxyl groups excluding tert-OH is 1. The Morgan fingerprint density at radius 1 is 0.582 bits per heavy atom. The second kappa shape index (κ2) is 33.9. The standard InChI is InChI=1S/C20H26N2O.C13H20N2O.C11H15NO.C9H13NO.2ClH.2H2S/c1-16(18-9-6-10-20(13-18)23-2)21-19-11-12-22(15-19)14-17-7-4-3-5-8-17;1-10(15-12-6-7-14-9-12)11-4-3-5-13(8-11)16-2;13-11-6-7-12(9-11)8-10-4-2-1-3-5-10;1-7(10)8-4-3-5-9(6-8)11-2;;;;/h3-10,13,16,19,21H,11-12,14-15H2,1-2H3;3-5,8,10,12,14-15H,6-7,9H2,1-2H3;1-5,11,13H,6-9H2;3-7H,10H2,1-2H3;2*1H;2*1H2/t16-,19+;10-,12+;11-;7-;;;;/m1111..../s1. The molecule has 0 amide bonds. The third kappa shape index (κ3) is 22.2. The number of hydrogen-bond acceptors (Lipinski definition) is 10. The minimum absolute atomic E-state index is 0. The van der Waals surface area contributed by atoms with Gasteiger partial charge in [-0.05, 0) is 111 Å². The van der Waals surface area contributed by atoms with E-state index in [1.54, 1.807) is 21.3 Å². The number of nitrogens with two attached hydrogens (primary N) is 1. The van der Waals surface area contributed by atoms with Gasteiger partial charge in [0.25, 0.3) is 0 Å². The van der Waals surface area contributed by atoms with Gasteiger partial charge in [0.1, 0.15) is 17.2 Å². The quantitative estimate of drug-likeness (QED) is 0.0738. The number of methoxy groups -OCH3 is 3. The molecule has 3 saturated heterocycles. The third-order valence-electron chi connectivity index (χ3n) is 11.9. The number of hydrogen-bond donors (Lipinski definition) is 5. The Morgan fingerprint density at radius 2 is 1.01 bits per heavy atom. The molecule has 3 aliphatic rings. The zero-order chi connectivity index (χ0) is 44.8. The fourth-order valence-corrected chi connectivity index (χ4v) is 8.19. The van der Waals surface area contributed by atoms with Crippen LogP contribution in [0, 0.1) is 0 Å². The van der Waals surface area contributed by atoms with Crippen LogP contribution in [-0.4, -0.2) is 93.7 Å². The molecule has 3 heterocycles. The van der Waals surface area contributed by atoms with E-state index in [-0.39, 0.29) is 64.0 Å². The number of nitrogens with zero attached hydrogens (tertiary/aromatic N) is 2. The Hall–Kier alpha value is -3.50. The van der Waals surface area contributed by atoms with Crippen molar-refractivity contribution >= 4 is 51.8 Å². The Balaban J connectivity index is 0.000000455. The lowest BCUT2D eigenvalue weighted by molar-refractivity contribution is 0.175. The number of benzene rings is 5. The molecule has 0 saturated carbocycles. The van der Waals surface area contributed by atoms with Crippen LogP contribution in [0.2, 0.25) is 0 Å². The number of β-amino-alcohol motifs (C(OH)–C–C–N with tert-alkyl or cyclic N) is 1. The molecular weight excluding hydrogens is 920 g/mol. The molecule has 5 aromatic rings. The van der Waals surface area contributed by atoms with Gasteiger partial charge in [0.15, 0.2) is 0 Å². The predicted molar refractivity (Wildman–Crippen MR) is 294 cm³/mol. The summed E-state index contributed by atoms with van der Waals surface area (Å²) in [6.45, 7) is 14.7. The molecule has 3 aliphatic heterocycles. The molecule has 0 spiro atoms. The minimum Gasteiger partial charge on any atom is -0.497 e. The highest BCUT2D eigenvalue weighted by molar-refractivity contribution is 7.59. The van der Waals surface area contributed by atoms with E-state index in [9.17, 15) is 5.11 Å². The molecule has 0 radical (unpaired) electrons. The molecule has 67 heavy (non-hydrogen) atoms. The van der Waals surface area contributed by atoms with E-state index in [4.69, 9.17) is 19.9 Å². The number of halogens is 2. The first kappa shape index (κ1) is 61.5. The molecule has 0 unspecified atom stereocenters. The summed E-state index contributed by atoms with van der Waals surface area (Å²) in [5.74, 6) is 2.71. The Bertz CT molecular complexity index is 2020. The van der Waals surface area contributed by atoms with Crippen molar-refractivity contribution in [1.29, 1.82) is 0 Å². The minimum atomic E-state index is -0.108. The van der Waals surface area contributed by atoms with E-state index >= 15 is 0 Å². The fraction of sp³-hybridized carbons (Fsp3) is 0.434. The van der Waals surface area contributed by atoms with Gasteiger partial charge in [-0.3, -0.25) is 9.80 Å². The smallest absolute Gasteiger partial charge is 0.119 e. The first-order chi connectivity index (χ1) is 30.6. The van der Waals surface area contributed by atoms with Gasteiger partial charge in [0.05, 0.1) is 27.4 Å². The van der Waals surface area contributed by atoms with Crippen molar-refractivity contribution in [1.82, 2.24) is 25.8 Å². The molecule has 0 aliphatic carbocycles. The van der Waals surface area contributed by atoms with E-state index in [1.807, 2.05) is 55.5 Å². The van der Waals surface area contributed by atoms with Crippen molar-refractivity contribution in [3.8, 4) is 17.2 Å². The number of ether oxygens (including phenoxy) is 3. The largest absolute Gasteiger partial charge is 0.497 e. The zero-order valence-electron chi connectivity index (χ0n) is 40.4. The lowest BCUT2D eigenvalue weighted by atomic mass is 10.1. The van der Waals surface area contributed by atoms with Gasteiger partial charge in [0, 0.05) is 76.0 Å². The molecule has 5 aromatic carbocycles. The van der Waals surface area contributed by atoms with Gasteiger partial charge in [-0.2, -0.15) is 27.0 Å². The molecule has 0 bridgehead atoms. The van der Waals surface area contributed by atoms with Crippen molar-refractivity contribution in [3.63, 3.8) is 0 Å². The van der Waals surface area contributed by atoms with Crippen LogP contribution in [-0.2, 0) is 13.1 Å². The Morgan fingerprint density at radius 3 is 1.43 bits per heavy atom. The SMILES string of the molecule is COc1cccc([C@@H](C)N)c1.COc1cccc([C@@H](C)N[C@H]2CCN(Cc3ccccc3)C2)c1.COc1cccc([C@@H](C)N[C@H]2CCNC2)c1.Cl.Cl.O[C@@H]1CCN(Cc2ccccc2)C1.S.S. The highest BCUT2D eigenvalue weighted by Gasteiger charge is 2.24. The molecule has 10 nitrogen and oxygen atoms in total. The number of likely N-dealkylation sites (tertiary alicyclic amines) is 2. The monoisotopic (exact) mass is 999 g/mol. The first-order valence-electron chi connectivity index (χ1n) is 22.7. The van der Waals surface area contributed by atoms with E-state index in [0.29, 0.717) is 24.2 Å². The lowest BCUT2D eigenvalue weighted by Gasteiger charge is -2.21. The van der Waals surface area contributed by atoms with Gasteiger partial charge in [0.2, 0.25) is 0 Å². The van der Waals surface area contributed by atoms with Crippen LogP contribution in [0.4, 0.5) is 0 Å². The van der Waals surface area contributed by atoms with Gasteiger partial charge >= 0.3 is 0 Å². The summed E-state index contributed by atoms with van der Waals surface area (Å²) < 4.78 is 15.6. The average Bonchev–Trinajstić information content (AvgIpc) is 4.11. The molecular formula is C53H80Cl2N6O4S2. The summed E-state index contributed by atoms with van der Waals surface area (Å²) in [7, 11) is 5.08. The highest BCUT2D eigenvalue weighted by Crippen LogP contribution is 2.23. The summed E-state index contributed by atoms with van der Waals surface area (Å²) >= 11 is 0. The van der Waals surface area contributed by atoms with Gasteiger partial charge < -0.3 is 41.0 Å². The summed E-state index contributed by atoms with van der Waals surface area (Å²) in [6.07, 6.45) is 3.24. The molecule has 6 atom stereocenters. The van der Waals surface area contributed by atoms with E-state index in [1.165, 1.54) is 35.1 Å². The maximum atomic E-state index is 9.34. The van der Waals surface area contributed by atoms with Crippen LogP contribution < -0.4 is 35.9 Å². The van der Waals surface area contributed by atoms with E-state index in [0.717, 1.165) is 81.6 Å². The summed E-state index contributed by atoms with van der Waals surface area (Å²) in [6, 6.07) is 47.5. The zero-order valence-corrected chi connectivity index (χ0v) is 44.0. The summed E-state index contributed by atoms with van der Waals surface area (Å²) in [5.41, 5.74) is 12.1. The van der Waals surface area contributed by atoms with Crippen LogP contribution in [0.3, 0.4) is 0 Å². The van der Waals surface area contributed by atoms with Crippen molar-refractivity contribution in [3.05, 3.63) is 161 Å². The molecule has 372 valence electrons.